The minimum absolute atomic E-state index is 0.0960. The van der Waals surface area contributed by atoms with Crippen LogP contribution in [-0.4, -0.2) is 29.2 Å². The highest BCUT2D eigenvalue weighted by atomic mass is 35.5. The van der Waals surface area contributed by atoms with Crippen LogP contribution < -0.4 is 10.1 Å². The molecule has 222 valence electrons. The van der Waals surface area contributed by atoms with Gasteiger partial charge in [-0.15, -0.1) is 23.2 Å². The van der Waals surface area contributed by atoms with Crippen LogP contribution in [0.15, 0.2) is 103 Å². The van der Waals surface area contributed by atoms with Crippen LogP contribution in [0.3, 0.4) is 0 Å². The van der Waals surface area contributed by atoms with Gasteiger partial charge in [0.05, 0.1) is 11.8 Å². The monoisotopic (exact) mass is 624 g/mol. The summed E-state index contributed by atoms with van der Waals surface area (Å²) in [6.07, 6.45) is 2.22. The Hall–Kier alpha value is -4.13. The summed E-state index contributed by atoms with van der Waals surface area (Å²) < 4.78 is 5.80. The summed E-state index contributed by atoms with van der Waals surface area (Å²) in [5.74, 6) is -0.791. The highest BCUT2D eigenvalue weighted by Gasteiger charge is 2.72. The van der Waals surface area contributed by atoms with Crippen LogP contribution in [0.1, 0.15) is 47.9 Å². The molecular weight excluding hydrogens is 595 g/mol. The third-order valence-corrected chi connectivity index (χ3v) is 10.4. The zero-order valence-corrected chi connectivity index (χ0v) is 25.4. The number of benzene rings is 4. The van der Waals surface area contributed by atoms with E-state index in [1.807, 2.05) is 91.0 Å². The first-order valence-electron chi connectivity index (χ1n) is 14.9. The number of alkyl halides is 2. The van der Waals surface area contributed by atoms with E-state index in [9.17, 15) is 14.4 Å². The number of likely N-dealkylation sites (tertiary alicyclic amines) is 1. The second kappa shape index (κ2) is 11.1. The maximum absolute atomic E-state index is 13.9. The summed E-state index contributed by atoms with van der Waals surface area (Å²) >= 11 is 14.9. The van der Waals surface area contributed by atoms with Crippen LogP contribution in [0.2, 0.25) is 0 Å². The number of anilines is 1. The van der Waals surface area contributed by atoms with Gasteiger partial charge in [0.2, 0.25) is 17.7 Å². The molecule has 6 nitrogen and oxygen atoms in total. The Labute approximate surface area is 265 Å². The summed E-state index contributed by atoms with van der Waals surface area (Å²) in [6, 6.07) is 32.0. The standard InChI is InChI=1S/C36H30Cl2N2O4/c37-35-26-13-6-7-14-27(26)36(38,29-16-9-8-15-28(29)35)32-31(35)33(42)40(34(32)43)22-10-2-5-17-30(41)39-23-18-20-25(21-19-23)44-24-11-3-1-4-12-24/h1,3-4,6-9,11-16,18-21,31-32H,2,5,10,17,22H2,(H,39,41)/t31-,32+,35?,36?. The predicted octanol–water partition coefficient (Wildman–Crippen LogP) is 7.57. The highest BCUT2D eigenvalue weighted by Crippen LogP contribution is 2.69. The van der Waals surface area contributed by atoms with Crippen LogP contribution in [0.4, 0.5) is 5.69 Å². The molecular formula is C36H30Cl2N2O4. The Morgan fingerprint density at radius 3 is 1.66 bits per heavy atom. The van der Waals surface area contributed by atoms with Crippen molar-refractivity contribution in [2.45, 2.75) is 35.4 Å². The molecule has 3 aliphatic carbocycles. The third kappa shape index (κ3) is 4.42. The maximum Gasteiger partial charge on any atom is 0.235 e. The van der Waals surface area contributed by atoms with Gasteiger partial charge in [-0.2, -0.15) is 0 Å². The number of nitrogens with one attached hydrogen (secondary N) is 1. The molecule has 0 radical (unpaired) electrons. The Kier molecular flexibility index (Phi) is 7.22. The molecule has 1 N–H and O–H groups in total. The summed E-state index contributed by atoms with van der Waals surface area (Å²) in [6.45, 7) is 0.266. The number of halogens is 2. The van der Waals surface area contributed by atoms with E-state index in [0.717, 1.165) is 28.0 Å². The van der Waals surface area contributed by atoms with Crippen molar-refractivity contribution in [3.05, 3.63) is 125 Å². The molecule has 2 bridgehead atoms. The summed E-state index contributed by atoms with van der Waals surface area (Å²) in [7, 11) is 0. The van der Waals surface area contributed by atoms with Crippen molar-refractivity contribution in [1.29, 1.82) is 0 Å². The van der Waals surface area contributed by atoms with E-state index in [1.54, 1.807) is 12.1 Å². The van der Waals surface area contributed by atoms with Gasteiger partial charge in [0.15, 0.2) is 0 Å². The Balaban J connectivity index is 0.962. The number of nitrogens with zero attached hydrogens (tertiary/aromatic N) is 1. The fourth-order valence-corrected chi connectivity index (χ4v) is 8.23. The lowest BCUT2D eigenvalue weighted by molar-refractivity contribution is -0.140. The lowest BCUT2D eigenvalue weighted by atomic mass is 9.54. The van der Waals surface area contributed by atoms with Crippen LogP contribution >= 0.6 is 23.2 Å². The van der Waals surface area contributed by atoms with Crippen molar-refractivity contribution < 1.29 is 19.1 Å². The zero-order chi connectivity index (χ0) is 30.5. The van der Waals surface area contributed by atoms with Gasteiger partial charge in [0.25, 0.3) is 0 Å². The number of ether oxygens (including phenoxy) is 1. The molecule has 1 saturated heterocycles. The molecule has 44 heavy (non-hydrogen) atoms. The average molecular weight is 626 g/mol. The fraction of sp³-hybridized carbons (Fsp3) is 0.250. The number of hydrogen-bond acceptors (Lipinski definition) is 4. The molecule has 8 rings (SSSR count). The zero-order valence-electron chi connectivity index (χ0n) is 23.8. The minimum Gasteiger partial charge on any atom is -0.457 e. The molecule has 0 saturated carbocycles. The topological polar surface area (TPSA) is 75.7 Å². The van der Waals surface area contributed by atoms with E-state index in [2.05, 4.69) is 5.32 Å². The number of imide groups is 1. The van der Waals surface area contributed by atoms with Crippen LogP contribution in [0, 0.1) is 11.8 Å². The molecule has 0 aromatic heterocycles. The van der Waals surface area contributed by atoms with Crippen molar-refractivity contribution in [2.24, 2.45) is 11.8 Å². The highest BCUT2D eigenvalue weighted by molar-refractivity contribution is 6.36. The first-order chi connectivity index (χ1) is 21.3. The second-order valence-electron chi connectivity index (χ2n) is 11.6. The van der Waals surface area contributed by atoms with Crippen LogP contribution in [-0.2, 0) is 24.1 Å². The largest absolute Gasteiger partial charge is 0.457 e. The Bertz CT molecular complexity index is 1640. The van der Waals surface area contributed by atoms with Crippen molar-refractivity contribution in [3.8, 4) is 11.5 Å². The van der Waals surface area contributed by atoms with Gasteiger partial charge < -0.3 is 10.1 Å². The van der Waals surface area contributed by atoms with Gasteiger partial charge in [-0.25, -0.2) is 0 Å². The van der Waals surface area contributed by atoms with E-state index in [-0.39, 0.29) is 24.3 Å². The number of carbonyl (C=O) groups excluding carboxylic acids is 3. The van der Waals surface area contributed by atoms with Crippen LogP contribution in [0.5, 0.6) is 11.5 Å². The molecule has 4 aliphatic rings. The Morgan fingerprint density at radius 1 is 0.659 bits per heavy atom. The van der Waals surface area contributed by atoms with Gasteiger partial charge in [0, 0.05) is 18.7 Å². The van der Waals surface area contributed by atoms with Gasteiger partial charge in [-0.05, 0) is 71.5 Å². The lowest BCUT2D eigenvalue weighted by Gasteiger charge is -2.54. The van der Waals surface area contributed by atoms with Crippen molar-refractivity contribution in [1.82, 2.24) is 4.90 Å². The smallest absolute Gasteiger partial charge is 0.235 e. The Morgan fingerprint density at radius 2 is 1.14 bits per heavy atom. The molecule has 1 aliphatic heterocycles. The van der Waals surface area contributed by atoms with Crippen molar-refractivity contribution in [2.75, 3.05) is 11.9 Å². The van der Waals surface area contributed by atoms with Crippen LogP contribution in [0.25, 0.3) is 0 Å². The number of para-hydroxylation sites is 1. The number of unbranched alkanes of at least 4 members (excludes halogenated alkanes) is 2. The van der Waals surface area contributed by atoms with Gasteiger partial charge in [-0.1, -0.05) is 73.2 Å². The lowest BCUT2D eigenvalue weighted by Crippen LogP contribution is -2.57. The van der Waals surface area contributed by atoms with Gasteiger partial charge in [0.1, 0.15) is 21.2 Å². The van der Waals surface area contributed by atoms with E-state index in [1.165, 1.54) is 4.90 Å². The SMILES string of the molecule is O=C(CCCCCN1C(=O)[C@@H]2[C@H](C1=O)C1(Cl)c3ccccc3C2(Cl)c2ccccc21)Nc1ccc(Oc2ccccc2)cc1. The van der Waals surface area contributed by atoms with E-state index in [4.69, 9.17) is 27.9 Å². The number of rotatable bonds is 9. The number of amides is 3. The van der Waals surface area contributed by atoms with E-state index >= 15 is 0 Å². The maximum atomic E-state index is 13.9. The van der Waals surface area contributed by atoms with Gasteiger partial charge >= 0.3 is 0 Å². The minimum atomic E-state index is -1.17. The molecule has 1 heterocycles. The molecule has 0 spiro atoms. The summed E-state index contributed by atoms with van der Waals surface area (Å²) in [5, 5.41) is 2.91. The summed E-state index contributed by atoms with van der Waals surface area (Å²) in [4.78, 5) is 39.4. The normalized spacial score (nSPS) is 24.5. The molecule has 3 amide bonds. The number of carbonyl (C=O) groups is 3. The molecule has 4 aromatic rings. The molecule has 1 fully saturated rings. The quantitative estimate of drug-likeness (QED) is 0.118. The molecule has 8 heteroatoms. The molecule has 0 unspecified atom stereocenters. The molecule has 2 atom stereocenters. The first kappa shape index (κ1) is 28.6. The van der Waals surface area contributed by atoms with Crippen molar-refractivity contribution in [3.63, 3.8) is 0 Å². The third-order valence-electron chi connectivity index (χ3n) is 9.08. The second-order valence-corrected chi connectivity index (χ2v) is 12.8. The number of hydrogen-bond donors (Lipinski definition) is 1. The fourth-order valence-electron chi connectivity index (χ4n) is 7.13. The summed E-state index contributed by atoms with van der Waals surface area (Å²) in [5.41, 5.74) is 3.87. The molecule has 4 aromatic carbocycles. The average Bonchev–Trinajstić information content (AvgIpc) is 3.31. The van der Waals surface area contributed by atoms with Crippen molar-refractivity contribution >= 4 is 46.6 Å². The van der Waals surface area contributed by atoms with Gasteiger partial charge in [-0.3, -0.25) is 19.3 Å². The predicted molar refractivity (Wildman–Crippen MR) is 170 cm³/mol. The first-order valence-corrected chi connectivity index (χ1v) is 15.6. The van der Waals surface area contributed by atoms with E-state index in [0.29, 0.717) is 37.1 Å². The van der Waals surface area contributed by atoms with E-state index < -0.39 is 21.6 Å².